The van der Waals surface area contributed by atoms with Crippen molar-refractivity contribution in [2.75, 3.05) is 6.61 Å². The first-order chi connectivity index (χ1) is 13.1. The molecule has 2 aromatic carbocycles. The number of hydrogen-bond acceptors (Lipinski definition) is 3. The fourth-order valence-corrected chi connectivity index (χ4v) is 2.98. The minimum Gasteiger partial charge on any atom is -0.494 e. The van der Waals surface area contributed by atoms with Gasteiger partial charge in [-0.1, -0.05) is 30.4 Å². The van der Waals surface area contributed by atoms with E-state index in [1.165, 1.54) is 11.1 Å². The van der Waals surface area contributed by atoms with E-state index in [4.69, 9.17) is 9.84 Å². The van der Waals surface area contributed by atoms with Gasteiger partial charge in [0.1, 0.15) is 5.75 Å². The van der Waals surface area contributed by atoms with Crippen LogP contribution in [0, 0.1) is 0 Å². The number of ether oxygens (including phenoxy) is 1. The summed E-state index contributed by atoms with van der Waals surface area (Å²) in [6.07, 6.45) is 6.82. The van der Waals surface area contributed by atoms with E-state index in [0.29, 0.717) is 30.9 Å². The SMILES string of the molecule is O=C(O)CCCOc1ccc(CNC(=O)c2ccc3c(c2)CCC=C3)cc1. The molecule has 27 heavy (non-hydrogen) atoms. The van der Waals surface area contributed by atoms with Crippen molar-refractivity contribution in [1.29, 1.82) is 0 Å². The third-order valence-corrected chi connectivity index (χ3v) is 4.46. The Hall–Kier alpha value is -3.08. The first-order valence-corrected chi connectivity index (χ1v) is 9.13. The Labute approximate surface area is 158 Å². The Morgan fingerprint density at radius 3 is 2.70 bits per heavy atom. The summed E-state index contributed by atoms with van der Waals surface area (Å²) in [5.41, 5.74) is 4.07. The van der Waals surface area contributed by atoms with Gasteiger partial charge in [-0.15, -0.1) is 0 Å². The maximum Gasteiger partial charge on any atom is 0.303 e. The molecule has 0 heterocycles. The van der Waals surface area contributed by atoms with Crippen LogP contribution in [0.1, 0.15) is 46.3 Å². The van der Waals surface area contributed by atoms with E-state index in [0.717, 1.165) is 18.4 Å². The van der Waals surface area contributed by atoms with Crippen molar-refractivity contribution >= 4 is 18.0 Å². The van der Waals surface area contributed by atoms with Gasteiger partial charge in [0.15, 0.2) is 0 Å². The highest BCUT2D eigenvalue weighted by Crippen LogP contribution is 2.20. The second-order valence-electron chi connectivity index (χ2n) is 6.53. The lowest BCUT2D eigenvalue weighted by molar-refractivity contribution is -0.137. The number of allylic oxidation sites excluding steroid dienone is 1. The van der Waals surface area contributed by atoms with Gasteiger partial charge in [-0.3, -0.25) is 9.59 Å². The second kappa shape index (κ2) is 9.03. The fraction of sp³-hybridized carbons (Fsp3) is 0.273. The second-order valence-corrected chi connectivity index (χ2v) is 6.53. The molecule has 0 bridgehead atoms. The molecular weight excluding hydrogens is 342 g/mol. The van der Waals surface area contributed by atoms with Gasteiger partial charge in [-0.05, 0) is 60.2 Å². The molecule has 5 heteroatoms. The Morgan fingerprint density at radius 1 is 1.11 bits per heavy atom. The summed E-state index contributed by atoms with van der Waals surface area (Å²) in [5.74, 6) is -0.209. The Morgan fingerprint density at radius 2 is 1.93 bits per heavy atom. The lowest BCUT2D eigenvalue weighted by Crippen LogP contribution is -2.23. The molecule has 0 saturated heterocycles. The highest BCUT2D eigenvalue weighted by Gasteiger charge is 2.10. The first kappa shape index (κ1) is 18.7. The molecule has 0 aromatic heterocycles. The highest BCUT2D eigenvalue weighted by molar-refractivity contribution is 5.94. The van der Waals surface area contributed by atoms with E-state index in [-0.39, 0.29) is 12.3 Å². The maximum absolute atomic E-state index is 12.4. The fourth-order valence-electron chi connectivity index (χ4n) is 2.98. The van der Waals surface area contributed by atoms with Crippen LogP contribution in [-0.2, 0) is 17.8 Å². The number of rotatable bonds is 8. The Kier molecular flexibility index (Phi) is 6.26. The predicted molar refractivity (Wildman–Crippen MR) is 104 cm³/mol. The largest absolute Gasteiger partial charge is 0.494 e. The molecule has 140 valence electrons. The number of aliphatic carboxylic acids is 1. The molecule has 0 aliphatic heterocycles. The van der Waals surface area contributed by atoms with Crippen LogP contribution >= 0.6 is 0 Å². The average molecular weight is 365 g/mol. The van der Waals surface area contributed by atoms with Crippen molar-refractivity contribution in [1.82, 2.24) is 5.32 Å². The van der Waals surface area contributed by atoms with E-state index in [9.17, 15) is 9.59 Å². The molecule has 2 N–H and O–H groups in total. The number of carbonyl (C=O) groups excluding carboxylic acids is 1. The van der Waals surface area contributed by atoms with E-state index in [1.807, 2.05) is 42.5 Å². The van der Waals surface area contributed by atoms with E-state index in [2.05, 4.69) is 17.5 Å². The van der Waals surface area contributed by atoms with Crippen LogP contribution in [0.15, 0.2) is 48.5 Å². The molecule has 0 unspecified atom stereocenters. The van der Waals surface area contributed by atoms with Crippen LogP contribution in [0.4, 0.5) is 0 Å². The minimum absolute atomic E-state index is 0.0821. The topological polar surface area (TPSA) is 75.6 Å². The van der Waals surface area contributed by atoms with Crippen LogP contribution in [0.3, 0.4) is 0 Å². The van der Waals surface area contributed by atoms with Gasteiger partial charge in [0.25, 0.3) is 5.91 Å². The number of carboxylic acids is 1. The van der Waals surface area contributed by atoms with Crippen molar-refractivity contribution in [3.63, 3.8) is 0 Å². The monoisotopic (exact) mass is 365 g/mol. The number of benzene rings is 2. The third-order valence-electron chi connectivity index (χ3n) is 4.46. The van der Waals surface area contributed by atoms with E-state index >= 15 is 0 Å². The van der Waals surface area contributed by atoms with Crippen molar-refractivity contribution in [2.45, 2.75) is 32.2 Å². The quantitative estimate of drug-likeness (QED) is 0.698. The van der Waals surface area contributed by atoms with Gasteiger partial charge < -0.3 is 15.2 Å². The summed E-state index contributed by atoms with van der Waals surface area (Å²) in [7, 11) is 0. The van der Waals surface area contributed by atoms with Crippen molar-refractivity contribution in [2.24, 2.45) is 0 Å². The molecule has 5 nitrogen and oxygen atoms in total. The summed E-state index contributed by atoms with van der Waals surface area (Å²) in [6.45, 7) is 0.811. The van der Waals surface area contributed by atoms with Gasteiger partial charge in [0.2, 0.25) is 0 Å². The normalized spacial score (nSPS) is 12.3. The summed E-state index contributed by atoms with van der Waals surface area (Å²) in [4.78, 5) is 22.9. The number of hydrogen-bond donors (Lipinski definition) is 2. The zero-order valence-electron chi connectivity index (χ0n) is 15.1. The molecule has 0 radical (unpaired) electrons. The summed E-state index contributed by atoms with van der Waals surface area (Å²) in [6, 6.07) is 13.3. The van der Waals surface area contributed by atoms with Gasteiger partial charge in [-0.25, -0.2) is 0 Å². The summed E-state index contributed by atoms with van der Waals surface area (Å²) >= 11 is 0. The number of carboxylic acid groups (broad SMARTS) is 1. The molecule has 0 fully saturated rings. The van der Waals surface area contributed by atoms with Crippen molar-refractivity contribution in [3.05, 3.63) is 70.8 Å². The Bertz CT molecular complexity index is 840. The molecule has 1 aliphatic carbocycles. The highest BCUT2D eigenvalue weighted by atomic mass is 16.5. The summed E-state index contributed by atoms with van der Waals surface area (Å²) in [5, 5.41) is 11.5. The van der Waals surface area contributed by atoms with Crippen LogP contribution in [0.25, 0.3) is 6.08 Å². The predicted octanol–water partition coefficient (Wildman–Crippen LogP) is 3.82. The number of carbonyl (C=O) groups is 2. The lowest BCUT2D eigenvalue weighted by atomic mass is 9.95. The minimum atomic E-state index is -0.819. The lowest BCUT2D eigenvalue weighted by Gasteiger charge is -2.12. The van der Waals surface area contributed by atoms with Crippen LogP contribution < -0.4 is 10.1 Å². The zero-order valence-corrected chi connectivity index (χ0v) is 15.1. The van der Waals surface area contributed by atoms with Crippen molar-refractivity contribution in [3.8, 4) is 5.75 Å². The molecule has 0 spiro atoms. The van der Waals surface area contributed by atoms with Gasteiger partial charge in [-0.2, -0.15) is 0 Å². The molecule has 3 rings (SSSR count). The average Bonchev–Trinajstić information content (AvgIpc) is 2.69. The molecule has 0 saturated carbocycles. The molecule has 1 aliphatic rings. The van der Waals surface area contributed by atoms with Gasteiger partial charge in [0.05, 0.1) is 6.61 Å². The number of fused-ring (bicyclic) bond motifs is 1. The Balaban J connectivity index is 1.49. The summed E-state index contributed by atoms with van der Waals surface area (Å²) < 4.78 is 5.50. The van der Waals surface area contributed by atoms with E-state index in [1.54, 1.807) is 0 Å². The van der Waals surface area contributed by atoms with Crippen molar-refractivity contribution < 1.29 is 19.4 Å². The number of aryl methyl sites for hydroxylation is 1. The van der Waals surface area contributed by atoms with Crippen LogP contribution in [-0.4, -0.2) is 23.6 Å². The maximum atomic E-state index is 12.4. The smallest absolute Gasteiger partial charge is 0.303 e. The first-order valence-electron chi connectivity index (χ1n) is 9.13. The van der Waals surface area contributed by atoms with Crippen LogP contribution in [0.5, 0.6) is 5.75 Å². The third kappa shape index (κ3) is 5.45. The van der Waals surface area contributed by atoms with Crippen LogP contribution in [0.2, 0.25) is 0 Å². The van der Waals surface area contributed by atoms with Gasteiger partial charge >= 0.3 is 5.97 Å². The number of amides is 1. The molecular formula is C22H23NO4. The molecule has 1 amide bonds. The molecule has 0 atom stereocenters. The van der Waals surface area contributed by atoms with Gasteiger partial charge in [0, 0.05) is 18.5 Å². The number of nitrogens with one attached hydrogen (secondary N) is 1. The molecule has 2 aromatic rings. The standard InChI is InChI=1S/C22H23NO4/c24-21(25)6-3-13-27-20-11-7-16(8-12-20)15-23-22(26)19-10-9-17-4-1-2-5-18(17)14-19/h1,4,7-12,14H,2-3,5-6,13,15H2,(H,23,26)(H,24,25). The zero-order chi connectivity index (χ0) is 19.1. The van der Waals surface area contributed by atoms with E-state index < -0.39 is 5.97 Å².